The third-order valence-corrected chi connectivity index (χ3v) is 4.71. The van der Waals surface area contributed by atoms with Crippen molar-refractivity contribution in [3.63, 3.8) is 0 Å². The molecule has 0 unspecified atom stereocenters. The van der Waals surface area contributed by atoms with E-state index in [4.69, 9.17) is 5.73 Å². The van der Waals surface area contributed by atoms with Crippen LogP contribution in [0.4, 0.5) is 0 Å². The van der Waals surface area contributed by atoms with Gasteiger partial charge >= 0.3 is 0 Å². The highest BCUT2D eigenvalue weighted by Crippen LogP contribution is 2.23. The van der Waals surface area contributed by atoms with E-state index in [9.17, 15) is 4.79 Å². The summed E-state index contributed by atoms with van der Waals surface area (Å²) in [6, 6.07) is 2.18. The van der Waals surface area contributed by atoms with E-state index in [0.29, 0.717) is 18.0 Å². The van der Waals surface area contributed by atoms with E-state index in [1.54, 1.807) is 6.20 Å². The lowest BCUT2D eigenvalue weighted by atomic mass is 9.96. The van der Waals surface area contributed by atoms with Gasteiger partial charge in [0.05, 0.1) is 17.5 Å². The number of hydrogen-bond acceptors (Lipinski definition) is 4. The molecule has 1 aliphatic heterocycles. The van der Waals surface area contributed by atoms with E-state index in [-0.39, 0.29) is 36.8 Å². The summed E-state index contributed by atoms with van der Waals surface area (Å²) in [4.78, 5) is 19.4. The Bertz CT molecular complexity index is 723. The molecule has 2 aromatic heterocycles. The van der Waals surface area contributed by atoms with Crippen LogP contribution in [-0.4, -0.2) is 45.2 Å². The zero-order chi connectivity index (χ0) is 16.6. The Morgan fingerprint density at radius 3 is 2.52 bits per heavy atom. The molecule has 1 aliphatic rings. The molecule has 0 bridgehead atoms. The van der Waals surface area contributed by atoms with Crippen molar-refractivity contribution in [3.8, 4) is 0 Å². The first-order valence-corrected chi connectivity index (χ1v) is 8.35. The second-order valence-corrected chi connectivity index (χ2v) is 6.69. The number of nitrogens with zero attached hydrogens (tertiary/aromatic N) is 4. The van der Waals surface area contributed by atoms with Crippen LogP contribution in [0.3, 0.4) is 0 Å². The van der Waals surface area contributed by atoms with Crippen LogP contribution >= 0.6 is 24.8 Å². The fourth-order valence-corrected chi connectivity index (χ4v) is 3.20. The first-order valence-electron chi connectivity index (χ1n) is 8.35. The third-order valence-electron chi connectivity index (χ3n) is 4.71. The summed E-state index contributed by atoms with van der Waals surface area (Å²) in [6.07, 6.45) is 3.77. The number of carbonyl (C=O) groups excluding carboxylic acids is 1. The van der Waals surface area contributed by atoms with Gasteiger partial charge in [-0.25, -0.2) is 9.67 Å². The summed E-state index contributed by atoms with van der Waals surface area (Å²) < 4.78 is 1.89. The smallest absolute Gasteiger partial charge is 0.255 e. The quantitative estimate of drug-likeness (QED) is 0.877. The first-order chi connectivity index (χ1) is 11.0. The fraction of sp³-hybridized carbons (Fsp3) is 0.588. The summed E-state index contributed by atoms with van der Waals surface area (Å²) in [5.74, 6) is 0.620. The molecule has 1 saturated heterocycles. The van der Waals surface area contributed by atoms with Gasteiger partial charge in [-0.2, -0.15) is 5.10 Å². The maximum Gasteiger partial charge on any atom is 0.255 e. The number of pyridine rings is 1. The van der Waals surface area contributed by atoms with Crippen LogP contribution in [0.5, 0.6) is 0 Å². The summed E-state index contributed by atoms with van der Waals surface area (Å²) in [6.45, 7) is 8.32. The molecule has 0 radical (unpaired) electrons. The molecule has 1 amide bonds. The van der Waals surface area contributed by atoms with Crippen LogP contribution in [0.15, 0.2) is 12.3 Å². The lowest BCUT2D eigenvalue weighted by molar-refractivity contribution is 0.0692. The zero-order valence-corrected chi connectivity index (χ0v) is 16.6. The monoisotopic (exact) mass is 387 g/mol. The molecular formula is C17H27Cl2N5O. The van der Waals surface area contributed by atoms with Crippen molar-refractivity contribution in [1.29, 1.82) is 0 Å². The molecule has 0 spiro atoms. The predicted molar refractivity (Wildman–Crippen MR) is 105 cm³/mol. The number of fused-ring (bicyclic) bond motifs is 1. The Kier molecular flexibility index (Phi) is 7.65. The van der Waals surface area contributed by atoms with E-state index in [0.717, 1.165) is 42.7 Å². The standard InChI is InChI=1S/C17H25N5O.2ClH/c1-11(2)22-16-14(10-19-22)8-15(12(3)20-16)17(23)21-6-4-13(9-18)5-7-21;;/h8,10-11,13H,4-7,9,18H2,1-3H3;2*1H. The normalized spacial score (nSPS) is 15.2. The average Bonchev–Trinajstić information content (AvgIpc) is 2.96. The number of halogens is 2. The van der Waals surface area contributed by atoms with Crippen LogP contribution in [0.25, 0.3) is 11.0 Å². The van der Waals surface area contributed by atoms with E-state index < -0.39 is 0 Å². The zero-order valence-electron chi connectivity index (χ0n) is 14.9. The molecule has 1 fully saturated rings. The number of aryl methyl sites for hydroxylation is 1. The molecule has 140 valence electrons. The van der Waals surface area contributed by atoms with E-state index in [1.807, 2.05) is 22.6 Å². The minimum atomic E-state index is 0. The molecule has 6 nitrogen and oxygen atoms in total. The van der Waals surface area contributed by atoms with Crippen LogP contribution in [0.2, 0.25) is 0 Å². The van der Waals surface area contributed by atoms with Crippen molar-refractivity contribution in [2.24, 2.45) is 11.7 Å². The van der Waals surface area contributed by atoms with Crippen LogP contribution in [-0.2, 0) is 0 Å². The number of nitrogens with two attached hydrogens (primary N) is 1. The second kappa shape index (κ2) is 8.83. The number of rotatable bonds is 3. The Labute approximate surface area is 161 Å². The van der Waals surface area contributed by atoms with Crippen molar-refractivity contribution in [2.75, 3.05) is 19.6 Å². The average molecular weight is 388 g/mol. The van der Waals surface area contributed by atoms with Crippen LogP contribution in [0, 0.1) is 12.8 Å². The van der Waals surface area contributed by atoms with Gasteiger partial charge < -0.3 is 10.6 Å². The Morgan fingerprint density at radius 2 is 1.96 bits per heavy atom. The van der Waals surface area contributed by atoms with Gasteiger partial charge in [0.15, 0.2) is 5.65 Å². The lowest BCUT2D eigenvalue weighted by Crippen LogP contribution is -2.40. The van der Waals surface area contributed by atoms with Gasteiger partial charge in [-0.1, -0.05) is 0 Å². The Balaban J connectivity index is 0.00000156. The summed E-state index contributed by atoms with van der Waals surface area (Å²) in [7, 11) is 0. The van der Waals surface area contributed by atoms with Crippen molar-refractivity contribution < 1.29 is 4.79 Å². The molecule has 2 N–H and O–H groups in total. The second-order valence-electron chi connectivity index (χ2n) is 6.69. The number of aromatic nitrogens is 3. The van der Waals surface area contributed by atoms with Gasteiger partial charge in [0.2, 0.25) is 0 Å². The minimum Gasteiger partial charge on any atom is -0.339 e. The van der Waals surface area contributed by atoms with Crippen molar-refractivity contribution in [2.45, 2.75) is 39.7 Å². The van der Waals surface area contributed by atoms with E-state index in [1.165, 1.54) is 0 Å². The number of likely N-dealkylation sites (tertiary alicyclic amines) is 1. The van der Waals surface area contributed by atoms with Crippen LogP contribution in [0.1, 0.15) is 48.8 Å². The van der Waals surface area contributed by atoms with E-state index >= 15 is 0 Å². The highest BCUT2D eigenvalue weighted by molar-refractivity contribution is 5.98. The molecule has 8 heteroatoms. The van der Waals surface area contributed by atoms with Crippen molar-refractivity contribution in [3.05, 3.63) is 23.5 Å². The SMILES string of the molecule is Cc1nc2c(cnn2C(C)C)cc1C(=O)N1CCC(CN)CC1.Cl.Cl. The molecule has 2 aromatic rings. The molecule has 0 saturated carbocycles. The van der Waals surface area contributed by atoms with Gasteiger partial charge in [-0.3, -0.25) is 4.79 Å². The van der Waals surface area contributed by atoms with Gasteiger partial charge in [-0.05, 0) is 52.1 Å². The molecule has 0 aromatic carbocycles. The summed E-state index contributed by atoms with van der Waals surface area (Å²) in [5, 5.41) is 5.31. The lowest BCUT2D eigenvalue weighted by Gasteiger charge is -2.31. The number of piperidine rings is 1. The van der Waals surface area contributed by atoms with E-state index in [2.05, 4.69) is 23.9 Å². The number of amides is 1. The molecule has 0 atom stereocenters. The van der Waals surface area contributed by atoms with Gasteiger partial charge in [0.25, 0.3) is 5.91 Å². The predicted octanol–water partition coefficient (Wildman–Crippen LogP) is 2.98. The van der Waals surface area contributed by atoms with Crippen LogP contribution < -0.4 is 5.73 Å². The van der Waals surface area contributed by atoms with Crippen molar-refractivity contribution >= 4 is 41.8 Å². The Hall–Kier alpha value is -1.37. The Morgan fingerprint density at radius 1 is 1.32 bits per heavy atom. The van der Waals surface area contributed by atoms with Crippen molar-refractivity contribution in [1.82, 2.24) is 19.7 Å². The van der Waals surface area contributed by atoms with Gasteiger partial charge in [-0.15, -0.1) is 24.8 Å². The number of carbonyl (C=O) groups is 1. The van der Waals surface area contributed by atoms with Gasteiger partial charge in [0, 0.05) is 24.5 Å². The maximum absolute atomic E-state index is 12.8. The molecule has 3 heterocycles. The highest BCUT2D eigenvalue weighted by atomic mass is 35.5. The number of hydrogen-bond donors (Lipinski definition) is 1. The fourth-order valence-electron chi connectivity index (χ4n) is 3.20. The third kappa shape index (κ3) is 4.25. The first kappa shape index (κ1) is 21.7. The largest absolute Gasteiger partial charge is 0.339 e. The highest BCUT2D eigenvalue weighted by Gasteiger charge is 2.25. The molecule has 25 heavy (non-hydrogen) atoms. The summed E-state index contributed by atoms with van der Waals surface area (Å²) >= 11 is 0. The minimum absolute atomic E-state index is 0. The topological polar surface area (TPSA) is 77.0 Å². The molecule has 3 rings (SSSR count). The summed E-state index contributed by atoms with van der Waals surface area (Å²) in [5.41, 5.74) is 8.03. The maximum atomic E-state index is 12.8. The van der Waals surface area contributed by atoms with Gasteiger partial charge in [0.1, 0.15) is 0 Å². The molecular weight excluding hydrogens is 361 g/mol. The molecule has 0 aliphatic carbocycles.